The summed E-state index contributed by atoms with van der Waals surface area (Å²) in [5.74, 6) is 0.750. The fraction of sp³-hybridized carbons (Fsp3) is 0.192. The normalized spacial score (nSPS) is 13.2. The van der Waals surface area contributed by atoms with Gasteiger partial charge in [-0.15, -0.1) is 0 Å². The van der Waals surface area contributed by atoms with Crippen LogP contribution in [0.1, 0.15) is 28.4 Å². The van der Waals surface area contributed by atoms with Crippen LogP contribution in [0.3, 0.4) is 0 Å². The molecule has 34 heavy (non-hydrogen) atoms. The number of esters is 1. The van der Waals surface area contributed by atoms with Crippen LogP contribution >= 0.6 is 0 Å². The number of pyridine rings is 1. The zero-order chi connectivity index (χ0) is 23.5. The molecule has 8 heteroatoms. The molecule has 1 aliphatic rings. The van der Waals surface area contributed by atoms with Crippen molar-refractivity contribution in [2.24, 2.45) is 0 Å². The van der Waals surface area contributed by atoms with Crippen molar-refractivity contribution in [1.82, 2.24) is 9.88 Å². The van der Waals surface area contributed by atoms with Crippen LogP contribution in [0, 0.1) is 0 Å². The Balaban J connectivity index is 1.39. The van der Waals surface area contributed by atoms with E-state index in [9.17, 15) is 9.59 Å². The molecule has 2 aromatic carbocycles. The molecule has 0 atom stereocenters. The van der Waals surface area contributed by atoms with Gasteiger partial charge in [0.15, 0.2) is 0 Å². The van der Waals surface area contributed by atoms with Gasteiger partial charge in [-0.05, 0) is 61.0 Å². The molecule has 2 aromatic heterocycles. The SMILES string of the molecule is CCOC(=O)c1ccc(Oc2coc3c4c(ccc3c2=O)OCN(Cc2ccncc2)C4)cc1. The summed E-state index contributed by atoms with van der Waals surface area (Å²) >= 11 is 0. The summed E-state index contributed by atoms with van der Waals surface area (Å²) in [5, 5.41) is 0.411. The molecule has 3 heterocycles. The lowest BCUT2D eigenvalue weighted by atomic mass is 10.1. The Morgan fingerprint density at radius 3 is 2.65 bits per heavy atom. The summed E-state index contributed by atoms with van der Waals surface area (Å²) in [6, 6.07) is 13.8. The highest BCUT2D eigenvalue weighted by Crippen LogP contribution is 2.33. The number of carbonyl (C=O) groups is 1. The Bertz CT molecular complexity index is 1380. The van der Waals surface area contributed by atoms with Crippen molar-refractivity contribution in [3.05, 3.63) is 94.1 Å². The number of benzene rings is 2. The highest BCUT2D eigenvalue weighted by Gasteiger charge is 2.23. The first-order valence-electron chi connectivity index (χ1n) is 10.9. The van der Waals surface area contributed by atoms with Crippen molar-refractivity contribution in [1.29, 1.82) is 0 Å². The second kappa shape index (κ2) is 9.36. The van der Waals surface area contributed by atoms with Gasteiger partial charge in [0, 0.05) is 25.5 Å². The Hall–Kier alpha value is -4.17. The largest absolute Gasteiger partial charge is 0.478 e. The van der Waals surface area contributed by atoms with Gasteiger partial charge in [0.2, 0.25) is 11.2 Å². The zero-order valence-electron chi connectivity index (χ0n) is 18.5. The molecule has 0 radical (unpaired) electrons. The van der Waals surface area contributed by atoms with Crippen LogP contribution in [0.2, 0.25) is 0 Å². The molecule has 0 unspecified atom stereocenters. The van der Waals surface area contributed by atoms with E-state index in [1.807, 2.05) is 12.1 Å². The predicted molar refractivity (Wildman–Crippen MR) is 124 cm³/mol. The first-order valence-corrected chi connectivity index (χ1v) is 10.9. The van der Waals surface area contributed by atoms with Gasteiger partial charge in [-0.3, -0.25) is 14.7 Å². The second-order valence-corrected chi connectivity index (χ2v) is 7.81. The monoisotopic (exact) mass is 458 g/mol. The Labute approximate surface area is 195 Å². The van der Waals surface area contributed by atoms with Crippen LogP contribution < -0.4 is 14.9 Å². The number of ether oxygens (including phenoxy) is 3. The molecule has 0 saturated carbocycles. The zero-order valence-corrected chi connectivity index (χ0v) is 18.5. The van der Waals surface area contributed by atoms with Crippen LogP contribution in [0.4, 0.5) is 0 Å². The lowest BCUT2D eigenvalue weighted by Gasteiger charge is -2.29. The lowest BCUT2D eigenvalue weighted by Crippen LogP contribution is -2.31. The van der Waals surface area contributed by atoms with E-state index in [1.54, 1.807) is 55.7 Å². The number of carbonyl (C=O) groups excluding carboxylic acids is 1. The number of aromatic nitrogens is 1. The average Bonchev–Trinajstić information content (AvgIpc) is 2.87. The van der Waals surface area contributed by atoms with Crippen molar-refractivity contribution in [3.63, 3.8) is 0 Å². The van der Waals surface area contributed by atoms with Crippen molar-refractivity contribution < 1.29 is 23.4 Å². The quantitative estimate of drug-likeness (QED) is 0.390. The van der Waals surface area contributed by atoms with Gasteiger partial charge in [-0.2, -0.15) is 0 Å². The maximum atomic E-state index is 13.1. The molecule has 4 aromatic rings. The maximum Gasteiger partial charge on any atom is 0.338 e. The summed E-state index contributed by atoms with van der Waals surface area (Å²) in [6.07, 6.45) is 4.83. The Kier molecular flexibility index (Phi) is 5.97. The summed E-state index contributed by atoms with van der Waals surface area (Å²) < 4.78 is 22.5. The molecule has 0 bridgehead atoms. The van der Waals surface area contributed by atoms with Crippen LogP contribution in [0.15, 0.2) is 76.4 Å². The van der Waals surface area contributed by atoms with E-state index >= 15 is 0 Å². The highest BCUT2D eigenvalue weighted by molar-refractivity contribution is 5.89. The summed E-state index contributed by atoms with van der Waals surface area (Å²) in [7, 11) is 0. The minimum atomic E-state index is -0.413. The summed E-state index contributed by atoms with van der Waals surface area (Å²) in [5.41, 5.74) is 2.54. The van der Waals surface area contributed by atoms with E-state index in [2.05, 4.69) is 9.88 Å². The summed E-state index contributed by atoms with van der Waals surface area (Å²) in [4.78, 5) is 31.1. The molecule has 0 aliphatic carbocycles. The minimum Gasteiger partial charge on any atom is -0.478 e. The number of nitrogens with zero attached hydrogens (tertiary/aromatic N) is 2. The first kappa shape index (κ1) is 21.7. The van der Waals surface area contributed by atoms with Crippen LogP contribution in [0.5, 0.6) is 17.2 Å². The maximum absolute atomic E-state index is 13.1. The van der Waals surface area contributed by atoms with Crippen LogP contribution in [-0.2, 0) is 17.8 Å². The molecule has 172 valence electrons. The van der Waals surface area contributed by atoms with Gasteiger partial charge in [0.1, 0.15) is 30.1 Å². The van der Waals surface area contributed by atoms with Gasteiger partial charge in [-0.1, -0.05) is 0 Å². The third kappa shape index (κ3) is 4.35. The van der Waals surface area contributed by atoms with Gasteiger partial charge in [0.05, 0.1) is 23.1 Å². The topological polar surface area (TPSA) is 91.1 Å². The number of hydrogen-bond acceptors (Lipinski definition) is 8. The van der Waals surface area contributed by atoms with Crippen molar-refractivity contribution in [3.8, 4) is 17.2 Å². The highest BCUT2D eigenvalue weighted by atomic mass is 16.5. The Morgan fingerprint density at radius 1 is 1.09 bits per heavy atom. The van der Waals surface area contributed by atoms with Gasteiger partial charge < -0.3 is 18.6 Å². The van der Waals surface area contributed by atoms with E-state index in [0.717, 1.165) is 11.1 Å². The molecule has 5 rings (SSSR count). The fourth-order valence-corrected chi connectivity index (χ4v) is 3.86. The lowest BCUT2D eigenvalue weighted by molar-refractivity contribution is 0.0526. The third-order valence-corrected chi connectivity index (χ3v) is 5.50. The van der Waals surface area contributed by atoms with Gasteiger partial charge in [0.25, 0.3) is 0 Å². The molecule has 0 fully saturated rings. The van der Waals surface area contributed by atoms with Crippen molar-refractivity contribution in [2.75, 3.05) is 13.3 Å². The first-order chi connectivity index (χ1) is 16.6. The molecule has 0 N–H and O–H groups in total. The predicted octanol–water partition coefficient (Wildman–Crippen LogP) is 4.51. The standard InChI is InChI=1S/C26H22N2O6/c1-2-31-26(30)18-3-5-19(6-4-18)34-23-15-32-25-20(24(23)29)7-8-22-21(25)14-28(16-33-22)13-17-9-11-27-12-10-17/h3-12,15H,2,13-14,16H2,1H3. The van der Waals surface area contributed by atoms with Crippen LogP contribution in [0.25, 0.3) is 11.0 Å². The molecule has 1 aliphatic heterocycles. The average molecular weight is 458 g/mol. The molecule has 0 amide bonds. The smallest absolute Gasteiger partial charge is 0.338 e. The molecule has 0 saturated heterocycles. The third-order valence-electron chi connectivity index (χ3n) is 5.50. The van der Waals surface area contributed by atoms with Crippen molar-refractivity contribution in [2.45, 2.75) is 20.0 Å². The molecular weight excluding hydrogens is 436 g/mol. The number of rotatable bonds is 6. The van der Waals surface area contributed by atoms with E-state index in [4.69, 9.17) is 18.6 Å². The van der Waals surface area contributed by atoms with Crippen LogP contribution in [-0.4, -0.2) is 29.2 Å². The van der Waals surface area contributed by atoms with E-state index in [0.29, 0.717) is 54.5 Å². The Morgan fingerprint density at radius 2 is 1.88 bits per heavy atom. The van der Waals surface area contributed by atoms with Gasteiger partial charge >= 0.3 is 5.97 Å². The number of fused-ring (bicyclic) bond motifs is 3. The number of hydrogen-bond donors (Lipinski definition) is 0. The molecule has 8 nitrogen and oxygen atoms in total. The van der Waals surface area contributed by atoms with E-state index in [-0.39, 0.29) is 11.2 Å². The fourth-order valence-electron chi connectivity index (χ4n) is 3.86. The summed E-state index contributed by atoms with van der Waals surface area (Å²) in [6.45, 7) is 3.74. The molecule has 0 spiro atoms. The van der Waals surface area contributed by atoms with Crippen molar-refractivity contribution >= 4 is 16.9 Å². The van der Waals surface area contributed by atoms with E-state index in [1.165, 1.54) is 6.26 Å². The van der Waals surface area contributed by atoms with Gasteiger partial charge in [-0.25, -0.2) is 4.79 Å². The van der Waals surface area contributed by atoms with E-state index < -0.39 is 5.97 Å². The minimum absolute atomic E-state index is 0.0571. The molecular formula is C26H22N2O6. The second-order valence-electron chi connectivity index (χ2n) is 7.81.